The number of aromatic nitrogens is 2. The Kier molecular flexibility index (Phi) is 6.73. The quantitative estimate of drug-likeness (QED) is 0.489. The van der Waals surface area contributed by atoms with Crippen molar-refractivity contribution in [2.75, 3.05) is 12.4 Å². The second kappa shape index (κ2) is 9.36. The SMILES string of the molecule is COC(=O)c1c(NC(=O)C(C)SCc2nc3sc(C)c(C)c3c(=O)[nH]2)sc2c1CCCC2. The molecule has 3 aromatic heterocycles. The molecule has 1 unspecified atom stereocenters. The molecule has 0 spiro atoms. The molecule has 0 saturated heterocycles. The number of aryl methyl sites for hydroxylation is 3. The third-order valence-corrected chi connectivity index (χ3v) is 9.19. The number of thiophene rings is 2. The number of aromatic amines is 1. The zero-order chi connectivity index (χ0) is 23.0. The van der Waals surface area contributed by atoms with Crippen LogP contribution in [0.25, 0.3) is 10.2 Å². The van der Waals surface area contributed by atoms with Crippen molar-refractivity contribution in [3.8, 4) is 0 Å². The second-order valence-corrected chi connectivity index (χ2v) is 11.5. The summed E-state index contributed by atoms with van der Waals surface area (Å²) in [5.41, 5.74) is 2.33. The lowest BCUT2D eigenvalue weighted by Crippen LogP contribution is -2.23. The molecule has 0 fully saturated rings. The Bertz CT molecular complexity index is 1260. The molecule has 0 bridgehead atoms. The fourth-order valence-electron chi connectivity index (χ4n) is 3.83. The second-order valence-electron chi connectivity index (χ2n) is 7.83. The smallest absolute Gasteiger partial charge is 0.341 e. The highest BCUT2D eigenvalue weighted by molar-refractivity contribution is 7.99. The van der Waals surface area contributed by atoms with Gasteiger partial charge in [0, 0.05) is 9.75 Å². The van der Waals surface area contributed by atoms with Crippen LogP contribution in [0, 0.1) is 13.8 Å². The topological polar surface area (TPSA) is 101 Å². The minimum Gasteiger partial charge on any atom is -0.465 e. The van der Waals surface area contributed by atoms with Crippen molar-refractivity contribution in [3.05, 3.63) is 42.6 Å². The first-order chi connectivity index (χ1) is 15.3. The van der Waals surface area contributed by atoms with E-state index in [-0.39, 0.29) is 11.5 Å². The van der Waals surface area contributed by atoms with E-state index in [1.165, 1.54) is 41.5 Å². The van der Waals surface area contributed by atoms with E-state index in [2.05, 4.69) is 15.3 Å². The number of H-pyrrole nitrogens is 1. The summed E-state index contributed by atoms with van der Waals surface area (Å²) in [6, 6.07) is 0. The van der Waals surface area contributed by atoms with Gasteiger partial charge in [0.1, 0.15) is 15.7 Å². The zero-order valence-electron chi connectivity index (χ0n) is 18.4. The number of esters is 1. The van der Waals surface area contributed by atoms with Gasteiger partial charge >= 0.3 is 5.97 Å². The summed E-state index contributed by atoms with van der Waals surface area (Å²) in [5, 5.41) is 3.75. The summed E-state index contributed by atoms with van der Waals surface area (Å²) in [4.78, 5) is 48.1. The molecular formula is C22H25N3O4S3. The van der Waals surface area contributed by atoms with Crippen LogP contribution < -0.4 is 10.9 Å². The van der Waals surface area contributed by atoms with Crippen molar-refractivity contribution in [1.82, 2.24) is 9.97 Å². The number of hydrogen-bond acceptors (Lipinski definition) is 8. The van der Waals surface area contributed by atoms with Gasteiger partial charge in [0.15, 0.2) is 0 Å². The molecule has 32 heavy (non-hydrogen) atoms. The molecule has 3 heterocycles. The Morgan fingerprint density at radius 2 is 2.00 bits per heavy atom. The number of nitrogens with one attached hydrogen (secondary N) is 2. The molecule has 1 atom stereocenters. The third kappa shape index (κ3) is 4.35. The summed E-state index contributed by atoms with van der Waals surface area (Å²) >= 11 is 4.37. The van der Waals surface area contributed by atoms with Gasteiger partial charge < -0.3 is 15.0 Å². The first-order valence-electron chi connectivity index (χ1n) is 10.4. The highest BCUT2D eigenvalue weighted by Crippen LogP contribution is 2.39. The molecule has 0 aliphatic heterocycles. The van der Waals surface area contributed by atoms with Crippen molar-refractivity contribution in [3.63, 3.8) is 0 Å². The van der Waals surface area contributed by atoms with E-state index in [1.807, 2.05) is 13.8 Å². The molecule has 1 aliphatic carbocycles. The fourth-order valence-corrected chi connectivity index (χ4v) is 6.92. The van der Waals surface area contributed by atoms with E-state index < -0.39 is 11.2 Å². The minimum absolute atomic E-state index is 0.142. The summed E-state index contributed by atoms with van der Waals surface area (Å²) in [5.74, 6) is 0.359. The van der Waals surface area contributed by atoms with Crippen LogP contribution in [0.4, 0.5) is 5.00 Å². The van der Waals surface area contributed by atoms with Crippen molar-refractivity contribution in [1.29, 1.82) is 0 Å². The predicted molar refractivity (Wildman–Crippen MR) is 131 cm³/mol. The first-order valence-corrected chi connectivity index (χ1v) is 13.1. The zero-order valence-corrected chi connectivity index (χ0v) is 20.9. The Morgan fingerprint density at radius 3 is 2.75 bits per heavy atom. The van der Waals surface area contributed by atoms with Gasteiger partial charge in [-0.25, -0.2) is 9.78 Å². The average molecular weight is 492 g/mol. The molecule has 170 valence electrons. The molecule has 0 aromatic carbocycles. The molecule has 0 saturated carbocycles. The van der Waals surface area contributed by atoms with Crippen LogP contribution >= 0.6 is 34.4 Å². The average Bonchev–Trinajstić information content (AvgIpc) is 3.27. The maximum atomic E-state index is 12.9. The van der Waals surface area contributed by atoms with Crippen molar-refractivity contribution < 1.29 is 14.3 Å². The van der Waals surface area contributed by atoms with E-state index in [1.54, 1.807) is 6.92 Å². The van der Waals surface area contributed by atoms with E-state index in [9.17, 15) is 14.4 Å². The summed E-state index contributed by atoms with van der Waals surface area (Å²) in [6.07, 6.45) is 3.88. The van der Waals surface area contributed by atoms with Gasteiger partial charge in [0.05, 0.1) is 29.1 Å². The van der Waals surface area contributed by atoms with Crippen LogP contribution in [0.5, 0.6) is 0 Å². The summed E-state index contributed by atoms with van der Waals surface area (Å²) in [6.45, 7) is 5.71. The first kappa shape index (κ1) is 23.0. The number of carbonyl (C=O) groups excluding carboxylic acids is 2. The maximum Gasteiger partial charge on any atom is 0.341 e. The summed E-state index contributed by atoms with van der Waals surface area (Å²) < 4.78 is 4.98. The predicted octanol–water partition coefficient (Wildman–Crippen LogP) is 4.59. The summed E-state index contributed by atoms with van der Waals surface area (Å²) in [7, 11) is 1.36. The van der Waals surface area contributed by atoms with Gasteiger partial charge in [-0.3, -0.25) is 9.59 Å². The van der Waals surface area contributed by atoms with Gasteiger partial charge in [-0.2, -0.15) is 0 Å². The normalized spacial score (nSPS) is 14.2. The molecule has 7 nitrogen and oxygen atoms in total. The van der Waals surface area contributed by atoms with Crippen LogP contribution in [0.1, 0.15) is 56.8 Å². The number of amides is 1. The Balaban J connectivity index is 1.47. The van der Waals surface area contributed by atoms with Gasteiger partial charge in [-0.05, 0) is 57.6 Å². The van der Waals surface area contributed by atoms with Crippen molar-refractivity contribution in [2.45, 2.75) is 57.5 Å². The van der Waals surface area contributed by atoms with Crippen molar-refractivity contribution in [2.24, 2.45) is 0 Å². The van der Waals surface area contributed by atoms with Gasteiger partial charge in [-0.15, -0.1) is 34.4 Å². The molecule has 1 aliphatic rings. The van der Waals surface area contributed by atoms with Crippen LogP contribution in [-0.4, -0.2) is 34.2 Å². The van der Waals surface area contributed by atoms with Gasteiger partial charge in [0.25, 0.3) is 5.56 Å². The molecule has 10 heteroatoms. The Hall–Kier alpha value is -2.17. The van der Waals surface area contributed by atoms with Crippen LogP contribution in [0.3, 0.4) is 0 Å². The molecule has 3 aromatic rings. The van der Waals surface area contributed by atoms with Crippen LogP contribution in [-0.2, 0) is 28.1 Å². The molecule has 4 rings (SSSR count). The minimum atomic E-state index is -0.406. The van der Waals surface area contributed by atoms with E-state index in [0.717, 1.165) is 51.4 Å². The van der Waals surface area contributed by atoms with E-state index >= 15 is 0 Å². The molecule has 2 N–H and O–H groups in total. The number of methoxy groups -OCH3 is 1. The van der Waals surface area contributed by atoms with Gasteiger partial charge in [0.2, 0.25) is 5.91 Å². The maximum absolute atomic E-state index is 12.9. The monoisotopic (exact) mass is 491 g/mol. The lowest BCUT2D eigenvalue weighted by molar-refractivity contribution is -0.115. The molecular weight excluding hydrogens is 466 g/mol. The number of fused-ring (bicyclic) bond motifs is 2. The Morgan fingerprint density at radius 1 is 1.25 bits per heavy atom. The highest BCUT2D eigenvalue weighted by atomic mass is 32.2. The molecule has 0 radical (unpaired) electrons. The number of nitrogens with zero attached hydrogens (tertiary/aromatic N) is 1. The molecule has 1 amide bonds. The third-order valence-electron chi connectivity index (χ3n) is 5.72. The number of anilines is 1. The Labute approximate surface area is 198 Å². The number of ether oxygens (including phenoxy) is 1. The number of hydrogen-bond donors (Lipinski definition) is 2. The van der Waals surface area contributed by atoms with Crippen LogP contribution in [0.15, 0.2) is 4.79 Å². The fraction of sp³-hybridized carbons (Fsp3) is 0.455. The number of thioether (sulfide) groups is 1. The number of rotatable bonds is 6. The van der Waals surface area contributed by atoms with E-state index in [4.69, 9.17) is 4.74 Å². The van der Waals surface area contributed by atoms with Gasteiger partial charge in [-0.1, -0.05) is 0 Å². The van der Waals surface area contributed by atoms with E-state index in [0.29, 0.717) is 27.5 Å². The number of carbonyl (C=O) groups is 2. The highest BCUT2D eigenvalue weighted by Gasteiger charge is 2.28. The standard InChI is InChI=1S/C22H25N3O4S3/c1-10-11(2)31-20-16(10)19(27)23-15(24-20)9-30-12(3)18(26)25-21-17(22(28)29-4)13-7-5-6-8-14(13)32-21/h12H,5-9H2,1-4H3,(H,25,26)(H,23,24,27). The lowest BCUT2D eigenvalue weighted by atomic mass is 9.95. The van der Waals surface area contributed by atoms with Crippen LogP contribution in [0.2, 0.25) is 0 Å². The lowest BCUT2D eigenvalue weighted by Gasteiger charge is -2.13. The van der Waals surface area contributed by atoms with Crippen molar-refractivity contribution >= 4 is 61.5 Å². The largest absolute Gasteiger partial charge is 0.465 e.